The average molecular weight is 297 g/mol. The fourth-order valence-corrected chi connectivity index (χ4v) is 2.34. The molecule has 0 saturated carbocycles. The summed E-state index contributed by atoms with van der Waals surface area (Å²) in [6, 6.07) is 16.3. The lowest BCUT2D eigenvalue weighted by Crippen LogP contribution is -2.31. The first kappa shape index (κ1) is 15.8. The van der Waals surface area contributed by atoms with E-state index in [2.05, 4.69) is 5.32 Å². The number of carbonyl (C=O) groups excluding carboxylic acids is 1. The Hall–Kier alpha value is -2.62. The van der Waals surface area contributed by atoms with Crippen LogP contribution >= 0.6 is 0 Å². The van der Waals surface area contributed by atoms with Gasteiger partial charge in [0.05, 0.1) is 18.9 Å². The first-order chi connectivity index (χ1) is 10.6. The van der Waals surface area contributed by atoms with Crippen LogP contribution in [0.2, 0.25) is 0 Å². The Bertz CT molecular complexity index is 652. The van der Waals surface area contributed by atoms with Gasteiger partial charge >= 0.3 is 5.97 Å². The predicted octanol–water partition coefficient (Wildman–Crippen LogP) is 2.87. The molecular weight excluding hydrogens is 278 g/mol. The van der Waals surface area contributed by atoms with E-state index < -0.39 is 12.0 Å². The maximum atomic E-state index is 12.2. The van der Waals surface area contributed by atoms with Crippen molar-refractivity contribution in [2.75, 3.05) is 0 Å². The quantitative estimate of drug-likeness (QED) is 0.861. The van der Waals surface area contributed by atoms with Crippen LogP contribution in [0.15, 0.2) is 54.6 Å². The van der Waals surface area contributed by atoms with Gasteiger partial charge in [0.25, 0.3) is 0 Å². The van der Waals surface area contributed by atoms with Gasteiger partial charge in [0.15, 0.2) is 0 Å². The number of hydrogen-bond acceptors (Lipinski definition) is 2. The van der Waals surface area contributed by atoms with Crippen molar-refractivity contribution < 1.29 is 14.7 Å². The van der Waals surface area contributed by atoms with E-state index >= 15 is 0 Å². The second kappa shape index (κ2) is 7.41. The molecule has 0 heterocycles. The fraction of sp³-hybridized carbons (Fsp3) is 0.222. The maximum Gasteiger partial charge on any atom is 0.305 e. The van der Waals surface area contributed by atoms with Gasteiger partial charge < -0.3 is 10.4 Å². The Morgan fingerprint density at radius 2 is 1.68 bits per heavy atom. The zero-order valence-corrected chi connectivity index (χ0v) is 12.5. The zero-order chi connectivity index (χ0) is 15.9. The number of aliphatic carboxylic acids is 1. The van der Waals surface area contributed by atoms with E-state index in [1.807, 2.05) is 61.5 Å². The number of carboxylic acids is 1. The molecule has 2 rings (SSSR count). The third kappa shape index (κ3) is 4.45. The van der Waals surface area contributed by atoms with Crippen LogP contribution < -0.4 is 5.32 Å². The van der Waals surface area contributed by atoms with E-state index in [-0.39, 0.29) is 18.7 Å². The van der Waals surface area contributed by atoms with E-state index in [1.165, 1.54) is 0 Å². The molecule has 4 nitrogen and oxygen atoms in total. The Balaban J connectivity index is 2.08. The summed E-state index contributed by atoms with van der Waals surface area (Å²) >= 11 is 0. The fourth-order valence-electron chi connectivity index (χ4n) is 2.34. The molecule has 1 atom stereocenters. The number of hydrogen-bond donors (Lipinski definition) is 2. The van der Waals surface area contributed by atoms with E-state index in [0.29, 0.717) is 0 Å². The van der Waals surface area contributed by atoms with Crippen LogP contribution in [0.3, 0.4) is 0 Å². The van der Waals surface area contributed by atoms with E-state index in [0.717, 1.165) is 16.7 Å². The minimum Gasteiger partial charge on any atom is -0.481 e. The highest BCUT2D eigenvalue weighted by molar-refractivity contribution is 5.80. The van der Waals surface area contributed by atoms with Gasteiger partial charge in [0, 0.05) is 0 Å². The SMILES string of the molecule is Cc1ccccc1CC(=O)N[C@H](CC(=O)O)c1ccccc1. The van der Waals surface area contributed by atoms with Crippen LogP contribution in [0.4, 0.5) is 0 Å². The number of rotatable bonds is 6. The van der Waals surface area contributed by atoms with Crippen LogP contribution in [0, 0.1) is 6.92 Å². The molecule has 4 heteroatoms. The van der Waals surface area contributed by atoms with Gasteiger partial charge in [-0.25, -0.2) is 0 Å². The third-order valence-corrected chi connectivity index (χ3v) is 3.53. The summed E-state index contributed by atoms with van der Waals surface area (Å²) < 4.78 is 0. The Morgan fingerprint density at radius 3 is 2.32 bits per heavy atom. The van der Waals surface area contributed by atoms with Crippen molar-refractivity contribution >= 4 is 11.9 Å². The first-order valence-electron chi connectivity index (χ1n) is 7.17. The summed E-state index contributed by atoms with van der Waals surface area (Å²) in [6.45, 7) is 1.95. The standard InChI is InChI=1S/C18H19NO3/c1-13-7-5-6-10-15(13)11-17(20)19-16(12-18(21)22)14-8-3-2-4-9-14/h2-10,16H,11-12H2,1H3,(H,19,20)(H,21,22)/t16-/m1/s1. The normalized spacial score (nSPS) is 11.7. The van der Waals surface area contributed by atoms with Crippen molar-refractivity contribution in [3.8, 4) is 0 Å². The molecule has 0 aliphatic heterocycles. The smallest absolute Gasteiger partial charge is 0.305 e. The lowest BCUT2D eigenvalue weighted by Gasteiger charge is -2.18. The zero-order valence-electron chi connectivity index (χ0n) is 12.5. The van der Waals surface area contributed by atoms with Crippen LogP contribution in [0.1, 0.15) is 29.2 Å². The van der Waals surface area contributed by atoms with E-state index in [9.17, 15) is 9.59 Å². The molecule has 0 aromatic heterocycles. The molecule has 0 aliphatic rings. The van der Waals surface area contributed by atoms with Crippen LogP contribution in [0.25, 0.3) is 0 Å². The van der Waals surface area contributed by atoms with Gasteiger partial charge in [0.2, 0.25) is 5.91 Å². The molecule has 0 unspecified atom stereocenters. The Kier molecular flexibility index (Phi) is 5.31. The molecule has 0 aliphatic carbocycles. The van der Waals surface area contributed by atoms with Gasteiger partial charge in [-0.3, -0.25) is 9.59 Å². The molecule has 22 heavy (non-hydrogen) atoms. The topological polar surface area (TPSA) is 66.4 Å². The summed E-state index contributed by atoms with van der Waals surface area (Å²) in [5, 5.41) is 11.9. The van der Waals surface area contributed by atoms with Gasteiger partial charge in [-0.15, -0.1) is 0 Å². The van der Waals surface area contributed by atoms with Crippen molar-refractivity contribution in [3.05, 3.63) is 71.3 Å². The first-order valence-corrected chi connectivity index (χ1v) is 7.17. The minimum atomic E-state index is -0.940. The summed E-state index contributed by atoms with van der Waals surface area (Å²) in [4.78, 5) is 23.3. The molecule has 2 aromatic rings. The minimum absolute atomic E-state index is 0.135. The summed E-state index contributed by atoms with van der Waals surface area (Å²) in [5.74, 6) is -1.12. The Labute approximate surface area is 129 Å². The molecule has 2 aromatic carbocycles. The predicted molar refractivity (Wildman–Crippen MR) is 84.5 cm³/mol. The van der Waals surface area contributed by atoms with Crippen LogP contribution in [0.5, 0.6) is 0 Å². The summed E-state index contributed by atoms with van der Waals surface area (Å²) in [7, 11) is 0. The van der Waals surface area contributed by atoms with Crippen molar-refractivity contribution in [2.45, 2.75) is 25.8 Å². The average Bonchev–Trinajstić information content (AvgIpc) is 2.49. The highest BCUT2D eigenvalue weighted by Crippen LogP contribution is 2.17. The van der Waals surface area contributed by atoms with E-state index in [1.54, 1.807) is 0 Å². The largest absolute Gasteiger partial charge is 0.481 e. The van der Waals surface area contributed by atoms with Gasteiger partial charge in [-0.1, -0.05) is 54.6 Å². The lowest BCUT2D eigenvalue weighted by molar-refractivity contribution is -0.137. The monoisotopic (exact) mass is 297 g/mol. The summed E-state index contributed by atoms with van der Waals surface area (Å²) in [6.07, 6.45) is 0.110. The molecular formula is C18H19NO3. The number of benzene rings is 2. The lowest BCUT2D eigenvalue weighted by atomic mass is 10.0. The molecule has 2 N–H and O–H groups in total. The molecule has 0 spiro atoms. The molecule has 1 amide bonds. The second-order valence-electron chi connectivity index (χ2n) is 5.23. The molecule has 0 radical (unpaired) electrons. The van der Waals surface area contributed by atoms with Crippen LogP contribution in [-0.4, -0.2) is 17.0 Å². The number of carboxylic acid groups (broad SMARTS) is 1. The molecule has 114 valence electrons. The number of nitrogens with one attached hydrogen (secondary N) is 1. The number of aryl methyl sites for hydroxylation is 1. The van der Waals surface area contributed by atoms with Gasteiger partial charge in [0.1, 0.15) is 0 Å². The number of amides is 1. The highest BCUT2D eigenvalue weighted by Gasteiger charge is 2.18. The highest BCUT2D eigenvalue weighted by atomic mass is 16.4. The molecule has 0 fully saturated rings. The van der Waals surface area contributed by atoms with Crippen molar-refractivity contribution in [3.63, 3.8) is 0 Å². The Morgan fingerprint density at radius 1 is 1.05 bits per heavy atom. The van der Waals surface area contributed by atoms with Crippen molar-refractivity contribution in [1.82, 2.24) is 5.32 Å². The second-order valence-corrected chi connectivity index (χ2v) is 5.23. The third-order valence-electron chi connectivity index (χ3n) is 3.53. The van der Waals surface area contributed by atoms with Crippen molar-refractivity contribution in [1.29, 1.82) is 0 Å². The van der Waals surface area contributed by atoms with Crippen molar-refractivity contribution in [2.24, 2.45) is 0 Å². The van der Waals surface area contributed by atoms with Crippen LogP contribution in [-0.2, 0) is 16.0 Å². The molecule has 0 saturated heterocycles. The van der Waals surface area contributed by atoms with Gasteiger partial charge in [-0.05, 0) is 23.6 Å². The maximum absolute atomic E-state index is 12.2. The summed E-state index contributed by atoms with van der Waals surface area (Å²) in [5.41, 5.74) is 2.79. The van der Waals surface area contributed by atoms with Gasteiger partial charge in [-0.2, -0.15) is 0 Å². The van der Waals surface area contributed by atoms with E-state index in [4.69, 9.17) is 5.11 Å². The number of carbonyl (C=O) groups is 2. The molecule has 0 bridgehead atoms.